The molecule has 2 rings (SSSR count). The molecule has 23 heavy (non-hydrogen) atoms. The van der Waals surface area contributed by atoms with Gasteiger partial charge in [0.15, 0.2) is 0 Å². The third kappa shape index (κ3) is 4.16. The minimum atomic E-state index is -4.25. The second-order valence-corrected chi connectivity index (χ2v) is 6.03. The van der Waals surface area contributed by atoms with E-state index in [1.165, 1.54) is 31.4 Å². The van der Waals surface area contributed by atoms with Crippen molar-refractivity contribution in [3.63, 3.8) is 0 Å². The molecule has 2 N–H and O–H groups in total. The quantitative estimate of drug-likeness (QED) is 0.895. The van der Waals surface area contributed by atoms with Crippen LogP contribution in [0.25, 0.3) is 0 Å². The molecule has 0 aromatic heterocycles. The summed E-state index contributed by atoms with van der Waals surface area (Å²) in [5, 5.41) is 2.36. The van der Waals surface area contributed by atoms with Crippen molar-refractivity contribution in [1.29, 1.82) is 0 Å². The van der Waals surface area contributed by atoms with Gasteiger partial charge in [-0.25, -0.2) is 22.0 Å². The Morgan fingerprint density at radius 2 is 1.78 bits per heavy atom. The van der Waals surface area contributed by atoms with Gasteiger partial charge >= 0.3 is 6.09 Å². The molecule has 0 saturated heterocycles. The topological polar surface area (TPSA) is 84.5 Å². The number of benzene rings is 2. The average molecular weight is 342 g/mol. The van der Waals surface area contributed by atoms with E-state index in [9.17, 15) is 22.0 Å². The highest BCUT2D eigenvalue weighted by atomic mass is 32.2. The predicted octanol–water partition coefficient (Wildman–Crippen LogP) is 2.94. The van der Waals surface area contributed by atoms with Gasteiger partial charge < -0.3 is 4.74 Å². The van der Waals surface area contributed by atoms with Crippen LogP contribution in [-0.4, -0.2) is 21.6 Å². The molecule has 1 amide bonds. The third-order valence-electron chi connectivity index (χ3n) is 2.73. The highest BCUT2D eigenvalue weighted by Gasteiger charge is 2.19. The summed E-state index contributed by atoms with van der Waals surface area (Å²) in [4.78, 5) is 10.4. The first-order valence-corrected chi connectivity index (χ1v) is 7.73. The summed E-state index contributed by atoms with van der Waals surface area (Å²) in [5.41, 5.74) is 0.360. The molecule has 0 bridgehead atoms. The summed E-state index contributed by atoms with van der Waals surface area (Å²) in [6, 6.07) is 7.84. The molecular formula is C14H12F2N2O4S. The molecule has 122 valence electrons. The summed E-state index contributed by atoms with van der Waals surface area (Å²) >= 11 is 0. The lowest BCUT2D eigenvalue weighted by Gasteiger charge is -2.10. The van der Waals surface area contributed by atoms with Crippen LogP contribution in [-0.2, 0) is 14.8 Å². The van der Waals surface area contributed by atoms with Gasteiger partial charge in [-0.2, -0.15) is 0 Å². The molecule has 2 aromatic rings. The minimum Gasteiger partial charge on any atom is -0.453 e. The zero-order valence-corrected chi connectivity index (χ0v) is 12.7. The van der Waals surface area contributed by atoms with Gasteiger partial charge in [-0.05, 0) is 30.3 Å². The number of amides is 1. The lowest BCUT2D eigenvalue weighted by atomic mass is 10.3. The van der Waals surface area contributed by atoms with Gasteiger partial charge in [-0.15, -0.1) is 0 Å². The van der Waals surface area contributed by atoms with Crippen molar-refractivity contribution in [2.24, 2.45) is 0 Å². The smallest absolute Gasteiger partial charge is 0.411 e. The van der Waals surface area contributed by atoms with Gasteiger partial charge in [0.05, 0.1) is 12.8 Å². The molecule has 0 aliphatic rings. The zero-order valence-electron chi connectivity index (χ0n) is 11.8. The van der Waals surface area contributed by atoms with E-state index in [1.807, 2.05) is 0 Å². The van der Waals surface area contributed by atoms with Crippen LogP contribution in [0.3, 0.4) is 0 Å². The molecule has 0 heterocycles. The first-order valence-electron chi connectivity index (χ1n) is 6.25. The molecular weight excluding hydrogens is 330 g/mol. The van der Waals surface area contributed by atoms with E-state index >= 15 is 0 Å². The van der Waals surface area contributed by atoms with Crippen molar-refractivity contribution >= 4 is 27.5 Å². The molecule has 2 aromatic carbocycles. The predicted molar refractivity (Wildman–Crippen MR) is 79.6 cm³/mol. The van der Waals surface area contributed by atoms with Crippen molar-refractivity contribution in [3.8, 4) is 0 Å². The summed E-state index contributed by atoms with van der Waals surface area (Å²) < 4.78 is 57.3. The van der Waals surface area contributed by atoms with E-state index < -0.39 is 32.6 Å². The Labute approximate surface area is 131 Å². The van der Waals surface area contributed by atoms with E-state index in [4.69, 9.17) is 0 Å². The van der Waals surface area contributed by atoms with Crippen LogP contribution in [0.4, 0.5) is 25.0 Å². The maximum absolute atomic E-state index is 13.6. The number of hydrogen-bond acceptors (Lipinski definition) is 4. The van der Waals surface area contributed by atoms with Crippen molar-refractivity contribution in [2.45, 2.75) is 4.90 Å². The number of ether oxygens (including phenoxy) is 1. The summed E-state index contributed by atoms with van der Waals surface area (Å²) in [6.45, 7) is 0. The molecule has 0 aliphatic heterocycles. The molecule has 6 nitrogen and oxygen atoms in total. The fourth-order valence-electron chi connectivity index (χ4n) is 1.73. The van der Waals surface area contributed by atoms with Crippen LogP contribution in [0.5, 0.6) is 0 Å². The van der Waals surface area contributed by atoms with E-state index in [1.54, 1.807) is 0 Å². The van der Waals surface area contributed by atoms with Gasteiger partial charge in [0.2, 0.25) is 0 Å². The SMILES string of the molecule is COC(=O)Nc1cccc(NS(=O)(=O)c2ccc(F)cc2F)c1. The van der Waals surface area contributed by atoms with Crippen LogP contribution in [0, 0.1) is 11.6 Å². The lowest BCUT2D eigenvalue weighted by molar-refractivity contribution is 0.187. The van der Waals surface area contributed by atoms with E-state index in [0.29, 0.717) is 6.07 Å². The van der Waals surface area contributed by atoms with Crippen LogP contribution in [0.2, 0.25) is 0 Å². The Morgan fingerprint density at radius 3 is 2.43 bits per heavy atom. The highest BCUT2D eigenvalue weighted by molar-refractivity contribution is 7.92. The number of rotatable bonds is 4. The highest BCUT2D eigenvalue weighted by Crippen LogP contribution is 2.21. The zero-order chi connectivity index (χ0) is 17.0. The molecule has 9 heteroatoms. The standard InChI is InChI=1S/C14H12F2N2O4S/c1-22-14(19)17-10-3-2-4-11(8-10)18-23(20,21)13-6-5-9(15)7-12(13)16/h2-8,18H,1H3,(H,17,19). The van der Waals surface area contributed by atoms with Crippen LogP contribution < -0.4 is 10.0 Å². The number of hydrogen-bond donors (Lipinski definition) is 2. The Morgan fingerprint density at radius 1 is 1.09 bits per heavy atom. The maximum Gasteiger partial charge on any atom is 0.411 e. The lowest BCUT2D eigenvalue weighted by Crippen LogP contribution is -2.15. The first kappa shape index (κ1) is 16.7. The van der Waals surface area contributed by atoms with E-state index in [-0.39, 0.29) is 11.4 Å². The normalized spacial score (nSPS) is 10.9. The van der Waals surface area contributed by atoms with Crippen molar-refractivity contribution < 1.29 is 26.7 Å². The van der Waals surface area contributed by atoms with E-state index in [2.05, 4.69) is 14.8 Å². The van der Waals surface area contributed by atoms with Crippen LogP contribution in [0.15, 0.2) is 47.4 Å². The monoisotopic (exact) mass is 342 g/mol. The van der Waals surface area contributed by atoms with Crippen molar-refractivity contribution in [2.75, 3.05) is 17.1 Å². The molecule has 0 aliphatic carbocycles. The van der Waals surface area contributed by atoms with Crippen molar-refractivity contribution in [1.82, 2.24) is 0 Å². The van der Waals surface area contributed by atoms with Gasteiger partial charge in [0.1, 0.15) is 16.5 Å². The number of sulfonamides is 1. The Hall–Kier alpha value is -2.68. The molecule has 0 spiro atoms. The average Bonchev–Trinajstić information content (AvgIpc) is 2.46. The third-order valence-corrected chi connectivity index (χ3v) is 4.14. The molecule has 0 saturated carbocycles. The minimum absolute atomic E-state index is 0.0858. The molecule has 0 fully saturated rings. The van der Waals surface area contributed by atoms with Gasteiger partial charge in [-0.3, -0.25) is 10.0 Å². The van der Waals surface area contributed by atoms with Crippen LogP contribution in [0.1, 0.15) is 0 Å². The fourth-order valence-corrected chi connectivity index (χ4v) is 2.84. The summed E-state index contributed by atoms with van der Waals surface area (Å²) in [6.07, 6.45) is -0.727. The second-order valence-electron chi connectivity index (χ2n) is 4.38. The fraction of sp³-hybridized carbons (Fsp3) is 0.0714. The Bertz CT molecular complexity index is 840. The number of anilines is 2. The number of halogens is 2. The number of methoxy groups -OCH3 is 1. The molecule has 0 radical (unpaired) electrons. The summed E-state index contributed by atoms with van der Waals surface area (Å²) in [5.74, 6) is -2.09. The van der Waals surface area contributed by atoms with Gasteiger partial charge in [0.25, 0.3) is 10.0 Å². The number of carbonyl (C=O) groups excluding carboxylic acids is 1. The second kappa shape index (κ2) is 6.61. The van der Waals surface area contributed by atoms with Crippen LogP contribution >= 0.6 is 0 Å². The van der Waals surface area contributed by atoms with Gasteiger partial charge in [-0.1, -0.05) is 6.07 Å². The largest absolute Gasteiger partial charge is 0.453 e. The Balaban J connectivity index is 2.27. The number of nitrogens with one attached hydrogen (secondary N) is 2. The van der Waals surface area contributed by atoms with E-state index in [0.717, 1.165) is 12.1 Å². The van der Waals surface area contributed by atoms with Gasteiger partial charge in [0, 0.05) is 11.8 Å². The molecule has 0 atom stereocenters. The molecule has 0 unspecified atom stereocenters. The Kier molecular flexibility index (Phi) is 4.80. The number of carbonyl (C=O) groups is 1. The summed E-state index contributed by atoms with van der Waals surface area (Å²) in [7, 11) is -3.07. The van der Waals surface area contributed by atoms with Crippen molar-refractivity contribution in [3.05, 3.63) is 54.1 Å². The maximum atomic E-state index is 13.6. The first-order chi connectivity index (χ1) is 10.8.